The highest BCUT2D eigenvalue weighted by Crippen LogP contribution is 2.42. The average molecular weight is 469 g/mol. The molecule has 0 aliphatic rings. The van der Waals surface area contributed by atoms with E-state index in [2.05, 4.69) is 0 Å². The Morgan fingerprint density at radius 1 is 1.06 bits per heavy atom. The second-order valence-electron chi connectivity index (χ2n) is 7.38. The normalized spacial score (nSPS) is 13.4. The van der Waals surface area contributed by atoms with Crippen molar-refractivity contribution in [2.45, 2.75) is 38.5 Å². The van der Waals surface area contributed by atoms with Gasteiger partial charge in [0.15, 0.2) is 6.61 Å². The Hall–Kier alpha value is -2.42. The summed E-state index contributed by atoms with van der Waals surface area (Å²) in [6.07, 6.45) is -9.08. The van der Waals surface area contributed by atoms with E-state index < -0.39 is 36.4 Å². The van der Waals surface area contributed by atoms with E-state index in [1.165, 1.54) is 6.07 Å². The monoisotopic (exact) mass is 468 g/mol. The molecule has 170 valence electrons. The van der Waals surface area contributed by atoms with Crippen LogP contribution in [0.5, 0.6) is 5.75 Å². The molecule has 0 aliphatic carbocycles. The maximum absolute atomic E-state index is 12.8. The van der Waals surface area contributed by atoms with Crippen LogP contribution >= 0.6 is 11.6 Å². The minimum Gasteiger partial charge on any atom is -0.483 e. The Bertz CT molecular complexity index is 920. The molecule has 0 spiro atoms. The van der Waals surface area contributed by atoms with Gasteiger partial charge in [0.05, 0.1) is 16.5 Å². The summed E-state index contributed by atoms with van der Waals surface area (Å²) in [6, 6.07) is 6.10. The van der Waals surface area contributed by atoms with Crippen molar-refractivity contribution in [3.8, 4) is 16.9 Å². The number of alkyl halides is 6. The second-order valence-corrected chi connectivity index (χ2v) is 7.78. The summed E-state index contributed by atoms with van der Waals surface area (Å²) in [7, 11) is 0. The molecule has 0 saturated heterocycles. The molecule has 3 nitrogen and oxygen atoms in total. The van der Waals surface area contributed by atoms with Crippen LogP contribution < -0.4 is 4.74 Å². The first kappa shape index (κ1) is 24.8. The molecule has 31 heavy (non-hydrogen) atoms. The van der Waals surface area contributed by atoms with E-state index in [1.54, 1.807) is 13.8 Å². The van der Waals surface area contributed by atoms with Gasteiger partial charge < -0.3 is 9.84 Å². The minimum absolute atomic E-state index is 0.0333. The van der Waals surface area contributed by atoms with Gasteiger partial charge in [-0.2, -0.15) is 26.3 Å². The minimum atomic E-state index is -4.69. The van der Waals surface area contributed by atoms with Crippen molar-refractivity contribution < 1.29 is 41.0 Å². The van der Waals surface area contributed by atoms with E-state index in [0.29, 0.717) is 0 Å². The lowest BCUT2D eigenvalue weighted by Gasteiger charge is -2.20. The number of ether oxygens (including phenoxy) is 1. The Labute approximate surface area is 179 Å². The number of halogens is 7. The lowest BCUT2D eigenvalue weighted by molar-refractivity contribution is -0.153. The van der Waals surface area contributed by atoms with Crippen molar-refractivity contribution in [3.05, 3.63) is 52.5 Å². The standard InChI is InChI=1S/C21H19ClF6O3/c1-11(2)7-15(19(29)30)13-8-16(22)18(17(9-13)31-10-20(23,24)25)12-3-5-14(6-4-12)21(26,27)28/h3-6,8-9,11,15H,7,10H2,1-2H3,(H,29,30)/t15-/m1/s1. The predicted molar refractivity (Wildman–Crippen MR) is 103 cm³/mol. The van der Waals surface area contributed by atoms with Gasteiger partial charge in [-0.25, -0.2) is 0 Å². The van der Waals surface area contributed by atoms with E-state index in [-0.39, 0.29) is 39.8 Å². The molecule has 0 heterocycles. The predicted octanol–water partition coefficient (Wildman–Crippen LogP) is 7.18. The molecule has 0 aliphatic heterocycles. The summed E-state index contributed by atoms with van der Waals surface area (Å²) < 4.78 is 81.6. The molecule has 0 fully saturated rings. The largest absolute Gasteiger partial charge is 0.483 e. The number of carboxylic acid groups (broad SMARTS) is 1. The number of hydrogen-bond acceptors (Lipinski definition) is 2. The molecule has 1 atom stereocenters. The fourth-order valence-corrected chi connectivity index (χ4v) is 3.36. The fraction of sp³-hybridized carbons (Fsp3) is 0.381. The molecule has 0 bridgehead atoms. The van der Waals surface area contributed by atoms with Crippen LogP contribution in [0.2, 0.25) is 5.02 Å². The van der Waals surface area contributed by atoms with Crippen molar-refractivity contribution in [1.82, 2.24) is 0 Å². The van der Waals surface area contributed by atoms with E-state index in [9.17, 15) is 36.2 Å². The first-order valence-electron chi connectivity index (χ1n) is 9.12. The smallest absolute Gasteiger partial charge is 0.422 e. The third-order valence-electron chi connectivity index (χ3n) is 4.38. The van der Waals surface area contributed by atoms with E-state index in [0.717, 1.165) is 30.3 Å². The summed E-state index contributed by atoms with van der Waals surface area (Å²) in [5, 5.41) is 9.40. The summed E-state index contributed by atoms with van der Waals surface area (Å²) in [5.41, 5.74) is -0.766. The lowest BCUT2D eigenvalue weighted by atomic mass is 9.89. The summed E-state index contributed by atoms with van der Waals surface area (Å²) in [4.78, 5) is 11.7. The first-order valence-corrected chi connectivity index (χ1v) is 9.50. The van der Waals surface area contributed by atoms with Gasteiger partial charge in [-0.1, -0.05) is 37.6 Å². The average Bonchev–Trinajstić information content (AvgIpc) is 2.62. The molecule has 0 unspecified atom stereocenters. The molecule has 0 amide bonds. The van der Waals surface area contributed by atoms with Gasteiger partial charge in [-0.05, 0) is 47.7 Å². The van der Waals surface area contributed by atoms with Gasteiger partial charge in [-0.15, -0.1) is 0 Å². The highest BCUT2D eigenvalue weighted by molar-refractivity contribution is 6.33. The molecule has 0 saturated carbocycles. The van der Waals surface area contributed by atoms with Crippen molar-refractivity contribution in [2.24, 2.45) is 5.92 Å². The number of aliphatic carboxylic acids is 1. The Morgan fingerprint density at radius 3 is 2.10 bits per heavy atom. The van der Waals surface area contributed by atoms with Crippen molar-refractivity contribution in [1.29, 1.82) is 0 Å². The van der Waals surface area contributed by atoms with Gasteiger partial charge in [0.2, 0.25) is 0 Å². The lowest BCUT2D eigenvalue weighted by Crippen LogP contribution is -2.20. The Kier molecular flexibility index (Phi) is 7.52. The Morgan fingerprint density at radius 2 is 1.65 bits per heavy atom. The molecule has 2 rings (SSSR count). The number of rotatable bonds is 7. The molecular weight excluding hydrogens is 450 g/mol. The summed E-state index contributed by atoms with van der Waals surface area (Å²) in [5.74, 6) is -2.63. The van der Waals surface area contributed by atoms with Gasteiger partial charge in [-0.3, -0.25) is 4.79 Å². The number of benzene rings is 2. The molecule has 1 N–H and O–H groups in total. The molecule has 2 aromatic rings. The SMILES string of the molecule is CC(C)C[C@@H](C(=O)O)c1cc(Cl)c(-c2ccc(C(F)(F)F)cc2)c(OCC(F)(F)F)c1. The van der Waals surface area contributed by atoms with E-state index in [4.69, 9.17) is 16.3 Å². The van der Waals surface area contributed by atoms with Gasteiger partial charge in [0, 0.05) is 5.56 Å². The van der Waals surface area contributed by atoms with Crippen LogP contribution in [0.3, 0.4) is 0 Å². The molecular formula is C21H19ClF6O3. The maximum atomic E-state index is 12.8. The van der Waals surface area contributed by atoms with Crippen LogP contribution in [0.25, 0.3) is 11.1 Å². The molecule has 0 aromatic heterocycles. The van der Waals surface area contributed by atoms with Crippen LogP contribution in [-0.4, -0.2) is 23.9 Å². The topological polar surface area (TPSA) is 46.5 Å². The van der Waals surface area contributed by atoms with Crippen LogP contribution in [0.1, 0.15) is 37.3 Å². The van der Waals surface area contributed by atoms with Crippen LogP contribution in [0, 0.1) is 5.92 Å². The highest BCUT2D eigenvalue weighted by atomic mass is 35.5. The molecule has 10 heteroatoms. The third kappa shape index (κ3) is 6.78. The van der Waals surface area contributed by atoms with Crippen LogP contribution in [0.4, 0.5) is 26.3 Å². The Balaban J connectivity index is 2.59. The highest BCUT2D eigenvalue weighted by Gasteiger charge is 2.32. The van der Waals surface area contributed by atoms with Crippen molar-refractivity contribution in [2.75, 3.05) is 6.61 Å². The molecule has 0 radical (unpaired) electrons. The number of hydrogen-bond donors (Lipinski definition) is 1. The zero-order chi connectivity index (χ0) is 23.6. The number of carboxylic acids is 1. The maximum Gasteiger partial charge on any atom is 0.422 e. The van der Waals surface area contributed by atoms with Gasteiger partial charge >= 0.3 is 18.3 Å². The zero-order valence-corrected chi connectivity index (χ0v) is 17.2. The number of carbonyl (C=O) groups is 1. The van der Waals surface area contributed by atoms with E-state index >= 15 is 0 Å². The van der Waals surface area contributed by atoms with Crippen LogP contribution in [0.15, 0.2) is 36.4 Å². The quantitative estimate of drug-likeness (QED) is 0.438. The van der Waals surface area contributed by atoms with Crippen molar-refractivity contribution in [3.63, 3.8) is 0 Å². The summed E-state index contributed by atoms with van der Waals surface area (Å²) in [6.45, 7) is 1.90. The molecule has 2 aromatic carbocycles. The van der Waals surface area contributed by atoms with Gasteiger partial charge in [0.25, 0.3) is 0 Å². The second kappa shape index (κ2) is 9.38. The first-order chi connectivity index (χ1) is 14.2. The van der Waals surface area contributed by atoms with Crippen molar-refractivity contribution >= 4 is 17.6 Å². The zero-order valence-electron chi connectivity index (χ0n) is 16.4. The third-order valence-corrected chi connectivity index (χ3v) is 4.67. The summed E-state index contributed by atoms with van der Waals surface area (Å²) >= 11 is 6.26. The van der Waals surface area contributed by atoms with Crippen LogP contribution in [-0.2, 0) is 11.0 Å². The van der Waals surface area contributed by atoms with E-state index in [1.807, 2.05) is 0 Å². The van der Waals surface area contributed by atoms with Gasteiger partial charge in [0.1, 0.15) is 5.75 Å². The fourth-order valence-electron chi connectivity index (χ4n) is 3.03.